The maximum atomic E-state index is 13.5. The zero-order valence-electron chi connectivity index (χ0n) is 11.3. The Hall–Kier alpha value is -1.10. The second-order valence-corrected chi connectivity index (χ2v) is 5.50. The molecule has 1 atom stereocenters. The number of aryl methyl sites for hydroxylation is 1. The van der Waals surface area contributed by atoms with Crippen molar-refractivity contribution < 1.29 is 4.39 Å². The smallest absolute Gasteiger partial charge is 0.142 e. The Morgan fingerprint density at radius 3 is 2.80 bits per heavy atom. The highest BCUT2D eigenvalue weighted by atomic mass is 35.5. The number of hydrogen-bond donors (Lipinski definition) is 1. The van der Waals surface area contributed by atoms with Gasteiger partial charge in [0.05, 0.1) is 17.8 Å². The van der Waals surface area contributed by atoms with Gasteiger partial charge in [0, 0.05) is 29.4 Å². The van der Waals surface area contributed by atoms with E-state index in [0.717, 1.165) is 12.1 Å². The lowest BCUT2D eigenvalue weighted by molar-refractivity contribution is 0.505. The van der Waals surface area contributed by atoms with E-state index in [9.17, 15) is 4.39 Å². The van der Waals surface area contributed by atoms with E-state index >= 15 is 0 Å². The number of halogens is 3. The summed E-state index contributed by atoms with van der Waals surface area (Å²) in [5.74, 6) is -0.456. The van der Waals surface area contributed by atoms with Crippen LogP contribution in [0.15, 0.2) is 24.5 Å². The summed E-state index contributed by atoms with van der Waals surface area (Å²) in [6, 6.07) is 2.66. The molecular weight excluding hydrogens is 300 g/mol. The number of nitrogens with zero attached hydrogens (tertiary/aromatic N) is 2. The summed E-state index contributed by atoms with van der Waals surface area (Å²) in [7, 11) is 0. The van der Waals surface area contributed by atoms with Gasteiger partial charge in [0.25, 0.3) is 0 Å². The zero-order valence-corrected chi connectivity index (χ0v) is 12.8. The summed E-state index contributed by atoms with van der Waals surface area (Å²) in [5, 5.41) is 8.01. The van der Waals surface area contributed by atoms with Gasteiger partial charge in [-0.2, -0.15) is 5.10 Å². The molecule has 3 nitrogen and oxygen atoms in total. The van der Waals surface area contributed by atoms with Crippen LogP contribution in [0, 0.1) is 12.7 Å². The van der Waals surface area contributed by atoms with Crippen molar-refractivity contribution >= 4 is 23.2 Å². The first kappa shape index (κ1) is 15.3. The molecule has 1 aromatic carbocycles. The van der Waals surface area contributed by atoms with Crippen molar-refractivity contribution in [2.45, 2.75) is 26.4 Å². The van der Waals surface area contributed by atoms with Gasteiger partial charge in [-0.3, -0.25) is 4.68 Å². The van der Waals surface area contributed by atoms with Gasteiger partial charge in [-0.1, -0.05) is 23.2 Å². The summed E-state index contributed by atoms with van der Waals surface area (Å²) in [4.78, 5) is 0. The monoisotopic (exact) mass is 315 g/mol. The van der Waals surface area contributed by atoms with Crippen LogP contribution < -0.4 is 5.32 Å². The Morgan fingerprint density at radius 1 is 1.40 bits per heavy atom. The van der Waals surface area contributed by atoms with Crippen LogP contribution >= 0.6 is 23.2 Å². The number of hydrogen-bond acceptors (Lipinski definition) is 2. The normalized spacial score (nSPS) is 12.7. The summed E-state index contributed by atoms with van der Waals surface area (Å²) >= 11 is 12.1. The quantitative estimate of drug-likeness (QED) is 0.845. The molecule has 0 saturated heterocycles. The van der Waals surface area contributed by atoms with Gasteiger partial charge in [-0.05, 0) is 31.5 Å². The van der Waals surface area contributed by atoms with Crippen molar-refractivity contribution in [3.05, 3.63) is 51.5 Å². The van der Waals surface area contributed by atoms with Gasteiger partial charge >= 0.3 is 0 Å². The summed E-state index contributed by atoms with van der Waals surface area (Å²) in [5.41, 5.74) is 1.71. The van der Waals surface area contributed by atoms with E-state index in [1.807, 2.05) is 30.9 Å². The lowest BCUT2D eigenvalue weighted by Crippen LogP contribution is -2.24. The van der Waals surface area contributed by atoms with E-state index in [-0.39, 0.29) is 11.1 Å². The van der Waals surface area contributed by atoms with Crippen molar-refractivity contribution in [3.8, 4) is 0 Å². The number of nitrogens with one attached hydrogen (secondary N) is 1. The fraction of sp³-hybridized carbons (Fsp3) is 0.357. The lowest BCUT2D eigenvalue weighted by Gasteiger charge is -2.17. The molecule has 0 amide bonds. The highest BCUT2D eigenvalue weighted by Crippen LogP contribution is 2.32. The Labute approximate surface area is 127 Å². The van der Waals surface area contributed by atoms with Crippen LogP contribution in [-0.4, -0.2) is 16.3 Å². The number of rotatable bonds is 5. The van der Waals surface area contributed by atoms with Crippen molar-refractivity contribution in [2.75, 3.05) is 6.54 Å². The Kier molecular flexibility index (Phi) is 5.02. The molecule has 0 aliphatic rings. The van der Waals surface area contributed by atoms with Crippen molar-refractivity contribution in [3.63, 3.8) is 0 Å². The molecule has 20 heavy (non-hydrogen) atoms. The van der Waals surface area contributed by atoms with E-state index in [1.54, 1.807) is 0 Å². The molecule has 0 bridgehead atoms. The maximum absolute atomic E-state index is 13.5. The maximum Gasteiger partial charge on any atom is 0.142 e. The minimum atomic E-state index is -0.456. The molecule has 0 spiro atoms. The number of benzene rings is 1. The summed E-state index contributed by atoms with van der Waals surface area (Å²) < 4.78 is 15.3. The van der Waals surface area contributed by atoms with E-state index in [2.05, 4.69) is 10.4 Å². The van der Waals surface area contributed by atoms with Gasteiger partial charge in [0.15, 0.2) is 0 Å². The topological polar surface area (TPSA) is 29.9 Å². The standard InChI is InChI=1S/C14H16Cl2FN3/c1-9-7-19-20(8-9)6-5-18-10(2)13-11(15)3-4-12(17)14(13)16/h3-4,7-8,10,18H,5-6H2,1-2H3. The molecule has 1 N–H and O–H groups in total. The third kappa shape index (κ3) is 3.51. The van der Waals surface area contributed by atoms with E-state index in [0.29, 0.717) is 17.1 Å². The molecule has 2 rings (SSSR count). The molecule has 1 unspecified atom stereocenters. The van der Waals surface area contributed by atoms with Crippen LogP contribution in [0.3, 0.4) is 0 Å². The second kappa shape index (κ2) is 6.57. The van der Waals surface area contributed by atoms with Crippen molar-refractivity contribution in [1.29, 1.82) is 0 Å². The van der Waals surface area contributed by atoms with Crippen LogP contribution in [0.1, 0.15) is 24.1 Å². The summed E-state index contributed by atoms with van der Waals surface area (Å²) in [6.45, 7) is 5.31. The average molecular weight is 316 g/mol. The first-order chi connectivity index (χ1) is 9.49. The molecular formula is C14H16Cl2FN3. The molecule has 108 valence electrons. The predicted molar refractivity (Wildman–Crippen MR) is 79.8 cm³/mol. The minimum absolute atomic E-state index is 0.0763. The van der Waals surface area contributed by atoms with Gasteiger partial charge in [-0.15, -0.1) is 0 Å². The Morgan fingerprint density at radius 2 is 2.15 bits per heavy atom. The largest absolute Gasteiger partial charge is 0.308 e. The van der Waals surface area contributed by atoms with Crippen LogP contribution in [-0.2, 0) is 6.54 Å². The predicted octanol–water partition coefficient (Wildman–Crippen LogP) is 3.99. The molecule has 2 aromatic rings. The van der Waals surface area contributed by atoms with Crippen molar-refractivity contribution in [2.24, 2.45) is 0 Å². The van der Waals surface area contributed by atoms with Gasteiger partial charge in [0.1, 0.15) is 5.82 Å². The van der Waals surface area contributed by atoms with Crippen LogP contribution in [0.25, 0.3) is 0 Å². The summed E-state index contributed by atoms with van der Waals surface area (Å²) in [6.07, 6.45) is 3.78. The number of aromatic nitrogens is 2. The lowest BCUT2D eigenvalue weighted by atomic mass is 10.1. The van der Waals surface area contributed by atoms with Crippen molar-refractivity contribution in [1.82, 2.24) is 15.1 Å². The third-order valence-electron chi connectivity index (χ3n) is 3.07. The molecule has 0 fully saturated rings. The van der Waals surface area contributed by atoms with E-state index in [4.69, 9.17) is 23.2 Å². The first-order valence-electron chi connectivity index (χ1n) is 6.35. The molecule has 0 aliphatic carbocycles. The fourth-order valence-electron chi connectivity index (χ4n) is 2.03. The third-order valence-corrected chi connectivity index (χ3v) is 3.78. The fourth-order valence-corrected chi connectivity index (χ4v) is 2.72. The molecule has 1 heterocycles. The average Bonchev–Trinajstić information content (AvgIpc) is 2.80. The molecule has 0 radical (unpaired) electrons. The SMILES string of the molecule is Cc1cnn(CCNC(C)c2c(Cl)ccc(F)c2Cl)c1. The Balaban J connectivity index is 1.98. The Bertz CT molecular complexity index is 598. The van der Waals surface area contributed by atoms with Crippen LogP contribution in [0.4, 0.5) is 4.39 Å². The molecule has 0 saturated carbocycles. The molecule has 6 heteroatoms. The first-order valence-corrected chi connectivity index (χ1v) is 7.10. The van der Waals surface area contributed by atoms with Gasteiger partial charge in [-0.25, -0.2) is 4.39 Å². The van der Waals surface area contributed by atoms with Crippen LogP contribution in [0.2, 0.25) is 10.0 Å². The minimum Gasteiger partial charge on any atom is -0.308 e. The van der Waals surface area contributed by atoms with E-state index in [1.165, 1.54) is 12.1 Å². The van der Waals surface area contributed by atoms with Gasteiger partial charge in [0.2, 0.25) is 0 Å². The van der Waals surface area contributed by atoms with Crippen LogP contribution in [0.5, 0.6) is 0 Å². The molecule has 0 aliphatic heterocycles. The highest BCUT2D eigenvalue weighted by Gasteiger charge is 2.16. The van der Waals surface area contributed by atoms with E-state index < -0.39 is 5.82 Å². The second-order valence-electron chi connectivity index (χ2n) is 4.71. The van der Waals surface area contributed by atoms with Gasteiger partial charge < -0.3 is 5.32 Å². The molecule has 1 aromatic heterocycles. The zero-order chi connectivity index (χ0) is 14.7. The highest BCUT2D eigenvalue weighted by molar-refractivity contribution is 6.36.